The van der Waals surface area contributed by atoms with Crippen LogP contribution in [0.2, 0.25) is 0 Å². The Morgan fingerprint density at radius 3 is 2.14 bits per heavy atom. The van der Waals surface area contributed by atoms with E-state index < -0.39 is 5.97 Å². The van der Waals surface area contributed by atoms with Crippen molar-refractivity contribution in [3.8, 4) is 5.75 Å². The number of hydrogen-bond donors (Lipinski definition) is 0. The summed E-state index contributed by atoms with van der Waals surface area (Å²) in [6, 6.07) is 11.3. The molecule has 0 aliphatic carbocycles. The Morgan fingerprint density at radius 2 is 1.51 bits per heavy atom. The highest BCUT2D eigenvalue weighted by Gasteiger charge is 2.26. The maximum absolute atomic E-state index is 13.6. The van der Waals surface area contributed by atoms with Gasteiger partial charge in [-0.1, -0.05) is 90.2 Å². The van der Waals surface area contributed by atoms with E-state index in [0.29, 0.717) is 17.9 Å². The van der Waals surface area contributed by atoms with Crippen LogP contribution in [0, 0.1) is 0 Å². The Bertz CT molecular complexity index is 1190. The highest BCUT2D eigenvalue weighted by Crippen LogP contribution is 2.30. The normalized spacial score (nSPS) is 13.7. The van der Waals surface area contributed by atoms with Crippen molar-refractivity contribution in [2.24, 2.45) is 4.99 Å². The van der Waals surface area contributed by atoms with E-state index in [4.69, 9.17) is 9.47 Å². The van der Waals surface area contributed by atoms with E-state index in [1.807, 2.05) is 36.4 Å². The van der Waals surface area contributed by atoms with Crippen molar-refractivity contribution in [3.05, 3.63) is 52.5 Å². The van der Waals surface area contributed by atoms with Crippen molar-refractivity contribution in [1.29, 1.82) is 0 Å². The fourth-order valence-electron chi connectivity index (χ4n) is 5.21. The number of unbranched alkanes of at least 4 members (excludes halogenated alkanes) is 10. The number of likely N-dealkylation sites (N-methyl/N-ethyl adjacent to an activating group) is 1. The summed E-state index contributed by atoms with van der Waals surface area (Å²) >= 11 is 1.55. The number of cyclic esters (lactones) is 1. The molecule has 0 atom stereocenters. The van der Waals surface area contributed by atoms with E-state index in [-0.39, 0.29) is 17.5 Å². The number of esters is 1. The SMILES string of the molecule is CCCCCCCCN(CCCCCCCC)C(=O)CN(CC)c1ccc(/C=C2/N=C(c3ccccc3OC)OC2=O)s1. The molecule has 1 aromatic heterocycles. The zero-order valence-electron chi connectivity index (χ0n) is 26.7. The number of carbonyl (C=O) groups excluding carboxylic acids is 2. The van der Waals surface area contributed by atoms with Gasteiger partial charge in [0.1, 0.15) is 5.75 Å². The van der Waals surface area contributed by atoms with Crippen LogP contribution in [0.25, 0.3) is 6.08 Å². The number of amides is 1. The molecule has 1 aliphatic heterocycles. The summed E-state index contributed by atoms with van der Waals surface area (Å²) in [5.74, 6) is 0.544. The predicted molar refractivity (Wildman–Crippen MR) is 179 cm³/mol. The molecule has 43 heavy (non-hydrogen) atoms. The van der Waals surface area contributed by atoms with Gasteiger partial charge in [0.25, 0.3) is 0 Å². The summed E-state index contributed by atoms with van der Waals surface area (Å²) in [7, 11) is 1.58. The van der Waals surface area contributed by atoms with Gasteiger partial charge in [0, 0.05) is 24.5 Å². The van der Waals surface area contributed by atoms with E-state index in [1.54, 1.807) is 24.5 Å². The topological polar surface area (TPSA) is 71.4 Å². The number of carbonyl (C=O) groups is 2. The number of thiophene rings is 1. The van der Waals surface area contributed by atoms with Crippen LogP contribution in [-0.4, -0.2) is 56.0 Å². The Kier molecular flexibility index (Phi) is 15.4. The van der Waals surface area contributed by atoms with Crippen molar-refractivity contribution >= 4 is 40.2 Å². The first kappa shape index (κ1) is 34.4. The second kappa shape index (κ2) is 19.2. The van der Waals surface area contributed by atoms with Gasteiger partial charge in [0.05, 0.1) is 24.2 Å². The van der Waals surface area contributed by atoms with Gasteiger partial charge in [-0.3, -0.25) is 4.79 Å². The molecule has 1 aliphatic rings. The Balaban J connectivity index is 1.63. The molecule has 0 fully saturated rings. The van der Waals surface area contributed by atoms with Crippen LogP contribution < -0.4 is 9.64 Å². The molecule has 0 N–H and O–H groups in total. The van der Waals surface area contributed by atoms with Gasteiger partial charge in [0.2, 0.25) is 11.8 Å². The third kappa shape index (κ3) is 11.1. The maximum Gasteiger partial charge on any atom is 0.363 e. The van der Waals surface area contributed by atoms with E-state index in [2.05, 4.69) is 35.6 Å². The Hall–Kier alpha value is -3.13. The third-order valence-corrected chi connectivity index (χ3v) is 8.88. The van der Waals surface area contributed by atoms with Crippen LogP contribution in [0.4, 0.5) is 5.00 Å². The summed E-state index contributed by atoms with van der Waals surface area (Å²) in [5.41, 5.74) is 0.883. The number of benzene rings is 1. The first-order valence-corrected chi connectivity index (χ1v) is 17.1. The summed E-state index contributed by atoms with van der Waals surface area (Å²) < 4.78 is 10.8. The zero-order valence-corrected chi connectivity index (χ0v) is 27.6. The summed E-state index contributed by atoms with van der Waals surface area (Å²) in [4.78, 5) is 35.7. The molecule has 8 heteroatoms. The highest BCUT2D eigenvalue weighted by molar-refractivity contribution is 7.17. The molecule has 1 amide bonds. The van der Waals surface area contributed by atoms with Gasteiger partial charge in [-0.05, 0) is 50.1 Å². The van der Waals surface area contributed by atoms with Crippen molar-refractivity contribution in [2.45, 2.75) is 97.8 Å². The van der Waals surface area contributed by atoms with Gasteiger partial charge in [-0.2, -0.15) is 0 Å². The van der Waals surface area contributed by atoms with Gasteiger partial charge < -0.3 is 19.3 Å². The second-order valence-corrected chi connectivity index (χ2v) is 12.2. The van der Waals surface area contributed by atoms with Gasteiger partial charge >= 0.3 is 5.97 Å². The monoisotopic (exact) mass is 609 g/mol. The number of ether oxygens (including phenoxy) is 2. The first-order valence-electron chi connectivity index (χ1n) is 16.3. The van der Waals surface area contributed by atoms with Crippen molar-refractivity contribution in [1.82, 2.24) is 4.90 Å². The van der Waals surface area contributed by atoms with E-state index in [0.717, 1.165) is 42.4 Å². The fraction of sp³-hybridized carbons (Fsp3) is 0.571. The van der Waals surface area contributed by atoms with Gasteiger partial charge in [-0.15, -0.1) is 11.3 Å². The molecule has 1 aromatic carbocycles. The lowest BCUT2D eigenvalue weighted by Crippen LogP contribution is -2.41. The van der Waals surface area contributed by atoms with Crippen LogP contribution in [0.1, 0.15) is 108 Å². The van der Waals surface area contributed by atoms with Gasteiger partial charge in [0.15, 0.2) is 5.70 Å². The molecule has 236 valence electrons. The number of nitrogens with zero attached hydrogens (tertiary/aromatic N) is 3. The summed E-state index contributed by atoms with van der Waals surface area (Å²) in [6.07, 6.45) is 16.4. The third-order valence-electron chi connectivity index (χ3n) is 7.78. The molecular weight excluding hydrogens is 558 g/mol. The zero-order chi connectivity index (χ0) is 30.9. The number of methoxy groups -OCH3 is 1. The number of rotatable bonds is 21. The van der Waals surface area contributed by atoms with Crippen LogP contribution in [-0.2, 0) is 14.3 Å². The average molecular weight is 610 g/mol. The largest absolute Gasteiger partial charge is 0.496 e. The smallest absolute Gasteiger partial charge is 0.363 e. The quantitative estimate of drug-likeness (QED) is 0.0806. The molecule has 0 unspecified atom stereocenters. The van der Waals surface area contributed by atoms with Crippen molar-refractivity contribution in [3.63, 3.8) is 0 Å². The second-order valence-electron chi connectivity index (χ2n) is 11.1. The molecule has 0 bridgehead atoms. The summed E-state index contributed by atoms with van der Waals surface area (Å²) in [5, 5.41) is 1.00. The minimum atomic E-state index is -0.488. The molecule has 2 heterocycles. The number of hydrogen-bond acceptors (Lipinski definition) is 7. The molecule has 2 aromatic rings. The highest BCUT2D eigenvalue weighted by atomic mass is 32.1. The lowest BCUT2D eigenvalue weighted by atomic mass is 10.1. The lowest BCUT2D eigenvalue weighted by Gasteiger charge is -2.27. The maximum atomic E-state index is 13.6. The molecule has 0 saturated carbocycles. The Morgan fingerprint density at radius 1 is 0.884 bits per heavy atom. The molecular formula is C35H51N3O4S. The Labute approximate surface area is 263 Å². The standard InChI is InChI=1S/C35H51N3O4S/c1-5-8-10-12-14-18-24-38(25-19-15-13-11-9-6-2)32(39)27-37(7-3)33-23-22-28(43-33)26-30-35(40)42-34(36-30)29-20-16-17-21-31(29)41-4/h16-17,20-23,26H,5-15,18-19,24-25,27H2,1-4H3/b30-26+. The number of anilines is 1. The minimum Gasteiger partial charge on any atom is -0.496 e. The van der Waals surface area contributed by atoms with Crippen LogP contribution in [0.3, 0.4) is 0 Å². The number of para-hydroxylation sites is 1. The van der Waals surface area contributed by atoms with E-state index in [9.17, 15) is 9.59 Å². The van der Waals surface area contributed by atoms with E-state index >= 15 is 0 Å². The van der Waals surface area contributed by atoms with Crippen LogP contribution >= 0.6 is 11.3 Å². The molecule has 7 nitrogen and oxygen atoms in total. The summed E-state index contributed by atoms with van der Waals surface area (Å²) in [6.45, 7) is 9.32. The van der Waals surface area contributed by atoms with Crippen LogP contribution in [0.15, 0.2) is 47.1 Å². The molecule has 3 rings (SSSR count). The van der Waals surface area contributed by atoms with Crippen molar-refractivity contribution < 1.29 is 19.1 Å². The fourth-order valence-corrected chi connectivity index (χ4v) is 6.21. The first-order chi connectivity index (χ1) is 21.0. The predicted octanol–water partition coefficient (Wildman–Crippen LogP) is 8.48. The molecule has 0 radical (unpaired) electrons. The van der Waals surface area contributed by atoms with Crippen LogP contribution in [0.5, 0.6) is 5.75 Å². The van der Waals surface area contributed by atoms with Gasteiger partial charge in [-0.25, -0.2) is 9.79 Å². The molecule has 0 saturated heterocycles. The van der Waals surface area contributed by atoms with E-state index in [1.165, 1.54) is 64.2 Å². The molecule has 0 spiro atoms. The van der Waals surface area contributed by atoms with Crippen molar-refractivity contribution in [2.75, 3.05) is 38.2 Å². The average Bonchev–Trinajstić information content (AvgIpc) is 3.64. The lowest BCUT2D eigenvalue weighted by molar-refractivity contribution is -0.130. The number of aliphatic imine (C=N–C) groups is 1. The minimum absolute atomic E-state index is 0.197.